The summed E-state index contributed by atoms with van der Waals surface area (Å²) in [7, 11) is 0. The molecule has 1 aliphatic rings. The fraction of sp³-hybridized carbons (Fsp3) is 0.706. The van der Waals surface area contributed by atoms with Crippen molar-refractivity contribution in [3.63, 3.8) is 0 Å². The summed E-state index contributed by atoms with van der Waals surface area (Å²) in [6.07, 6.45) is 5.84. The summed E-state index contributed by atoms with van der Waals surface area (Å²) in [5.74, 6) is 0.393. The molecule has 0 aromatic heterocycles. The maximum Gasteiger partial charge on any atom is 0.336 e. The molecule has 0 bridgehead atoms. The zero-order chi connectivity index (χ0) is 15.2. The highest BCUT2D eigenvalue weighted by atomic mass is 16.5. The van der Waals surface area contributed by atoms with Gasteiger partial charge in [0.1, 0.15) is 6.10 Å². The van der Waals surface area contributed by atoms with Crippen LogP contribution in [0.2, 0.25) is 0 Å². The highest BCUT2D eigenvalue weighted by molar-refractivity contribution is 5.88. The van der Waals surface area contributed by atoms with E-state index in [-0.39, 0.29) is 18.7 Å². The Labute approximate surface area is 123 Å². The van der Waals surface area contributed by atoms with Crippen LogP contribution in [0.25, 0.3) is 0 Å². The van der Waals surface area contributed by atoms with Crippen molar-refractivity contribution < 1.29 is 14.3 Å². The molecule has 0 saturated heterocycles. The van der Waals surface area contributed by atoms with Crippen molar-refractivity contribution in [2.24, 2.45) is 11.3 Å². The summed E-state index contributed by atoms with van der Waals surface area (Å²) < 4.78 is 10.7. The van der Waals surface area contributed by atoms with Gasteiger partial charge in [-0.25, -0.2) is 4.79 Å². The fourth-order valence-electron chi connectivity index (χ4n) is 2.61. The average molecular weight is 280 g/mol. The van der Waals surface area contributed by atoms with Gasteiger partial charge in [-0.15, -0.1) is 6.58 Å². The van der Waals surface area contributed by atoms with Gasteiger partial charge < -0.3 is 9.47 Å². The number of ether oxygens (including phenoxy) is 2. The number of hydrogen-bond acceptors (Lipinski definition) is 3. The molecule has 0 atom stereocenters. The number of carbonyl (C=O) groups excluding carboxylic acids is 1. The molecule has 0 aliphatic heterocycles. The van der Waals surface area contributed by atoms with E-state index in [2.05, 4.69) is 33.9 Å². The molecule has 0 aromatic carbocycles. The van der Waals surface area contributed by atoms with Gasteiger partial charge in [0.25, 0.3) is 0 Å². The topological polar surface area (TPSA) is 35.5 Å². The van der Waals surface area contributed by atoms with Crippen LogP contribution in [0, 0.1) is 11.3 Å². The van der Waals surface area contributed by atoms with E-state index >= 15 is 0 Å². The third-order valence-electron chi connectivity index (χ3n) is 3.97. The summed E-state index contributed by atoms with van der Waals surface area (Å²) in [5.41, 5.74) is 0.724. The van der Waals surface area contributed by atoms with E-state index in [1.54, 1.807) is 6.08 Å². The molecular weight excluding hydrogens is 252 g/mol. The molecule has 114 valence electrons. The Hall–Kier alpha value is -1.09. The molecule has 0 unspecified atom stereocenters. The molecule has 3 nitrogen and oxygen atoms in total. The molecule has 0 amide bonds. The zero-order valence-electron chi connectivity index (χ0n) is 13.1. The zero-order valence-corrected chi connectivity index (χ0v) is 13.1. The Morgan fingerprint density at radius 1 is 1.25 bits per heavy atom. The van der Waals surface area contributed by atoms with E-state index in [1.165, 1.54) is 0 Å². The first kappa shape index (κ1) is 17.0. The lowest BCUT2D eigenvalue weighted by Crippen LogP contribution is -2.30. The van der Waals surface area contributed by atoms with Gasteiger partial charge in [-0.3, -0.25) is 0 Å². The van der Waals surface area contributed by atoms with Gasteiger partial charge in [-0.2, -0.15) is 0 Å². The number of hydrogen-bond donors (Lipinski definition) is 0. The molecule has 1 aliphatic carbocycles. The van der Waals surface area contributed by atoms with Crippen molar-refractivity contribution in [1.29, 1.82) is 0 Å². The smallest absolute Gasteiger partial charge is 0.336 e. The van der Waals surface area contributed by atoms with Crippen molar-refractivity contribution in [1.82, 2.24) is 0 Å². The van der Waals surface area contributed by atoms with Gasteiger partial charge in [-0.1, -0.05) is 33.4 Å². The van der Waals surface area contributed by atoms with Crippen molar-refractivity contribution in [3.05, 3.63) is 24.8 Å². The molecule has 0 heterocycles. The fourth-order valence-corrected chi connectivity index (χ4v) is 2.61. The second-order valence-electron chi connectivity index (χ2n) is 6.65. The molecule has 0 spiro atoms. The minimum absolute atomic E-state index is 0.0391. The lowest BCUT2D eigenvalue weighted by atomic mass is 9.72. The maximum absolute atomic E-state index is 11.9. The monoisotopic (exact) mass is 280 g/mol. The molecule has 1 rings (SSSR count). The quantitative estimate of drug-likeness (QED) is 0.320. The van der Waals surface area contributed by atoms with Gasteiger partial charge in [0.15, 0.2) is 0 Å². The Morgan fingerprint density at radius 2 is 1.85 bits per heavy atom. The molecule has 0 aromatic rings. The van der Waals surface area contributed by atoms with Gasteiger partial charge >= 0.3 is 5.97 Å². The van der Waals surface area contributed by atoms with Crippen LogP contribution in [0.15, 0.2) is 24.8 Å². The Kier molecular flexibility index (Phi) is 6.47. The molecular formula is C17H28O3. The van der Waals surface area contributed by atoms with Gasteiger partial charge in [0.2, 0.25) is 0 Å². The molecule has 3 heteroatoms. The molecule has 1 fully saturated rings. The Bertz CT molecular complexity index is 344. The van der Waals surface area contributed by atoms with Crippen LogP contribution >= 0.6 is 0 Å². The summed E-state index contributed by atoms with van der Waals surface area (Å²) in [6.45, 7) is 14.7. The second-order valence-corrected chi connectivity index (χ2v) is 6.65. The maximum atomic E-state index is 11.9. The third-order valence-corrected chi connectivity index (χ3v) is 3.97. The van der Waals surface area contributed by atoms with Crippen LogP contribution < -0.4 is 0 Å². The van der Waals surface area contributed by atoms with Gasteiger partial charge in [0, 0.05) is 0 Å². The molecule has 0 N–H and O–H groups in total. The summed E-state index contributed by atoms with van der Waals surface area (Å²) in [6, 6.07) is 0. The van der Waals surface area contributed by atoms with Crippen LogP contribution in [-0.2, 0) is 14.3 Å². The second kappa shape index (κ2) is 7.63. The third kappa shape index (κ3) is 5.49. The van der Waals surface area contributed by atoms with Crippen molar-refractivity contribution in [2.45, 2.75) is 52.6 Å². The highest BCUT2D eigenvalue weighted by Gasteiger charge is 2.31. The van der Waals surface area contributed by atoms with E-state index in [0.717, 1.165) is 31.6 Å². The highest BCUT2D eigenvalue weighted by Crippen LogP contribution is 2.38. The lowest BCUT2D eigenvalue weighted by molar-refractivity contribution is -0.147. The summed E-state index contributed by atoms with van der Waals surface area (Å²) >= 11 is 0. The van der Waals surface area contributed by atoms with E-state index in [4.69, 9.17) is 9.47 Å². The minimum atomic E-state index is -0.326. The van der Waals surface area contributed by atoms with Crippen molar-refractivity contribution in [3.8, 4) is 0 Å². The van der Waals surface area contributed by atoms with Crippen LogP contribution in [-0.4, -0.2) is 25.3 Å². The molecule has 0 radical (unpaired) electrons. The number of esters is 1. The Balaban J connectivity index is 2.31. The van der Waals surface area contributed by atoms with E-state index in [0.29, 0.717) is 17.6 Å². The van der Waals surface area contributed by atoms with Crippen LogP contribution in [0.1, 0.15) is 46.5 Å². The number of rotatable bonds is 6. The first-order valence-electron chi connectivity index (χ1n) is 7.42. The predicted molar refractivity (Wildman–Crippen MR) is 81.4 cm³/mol. The van der Waals surface area contributed by atoms with E-state index < -0.39 is 0 Å². The van der Waals surface area contributed by atoms with E-state index in [1.807, 2.05) is 0 Å². The van der Waals surface area contributed by atoms with Crippen molar-refractivity contribution >= 4 is 5.97 Å². The van der Waals surface area contributed by atoms with Crippen LogP contribution in [0.5, 0.6) is 0 Å². The predicted octanol–water partition coefficient (Wildman–Crippen LogP) is 3.89. The lowest BCUT2D eigenvalue weighted by Gasteiger charge is -2.36. The standard InChI is InChI=1S/C17H28O3/c1-6-11-19-12-13(2)16(18)20-15-9-7-14(8-10-15)17(3,4)5/h6,14-15H,1-2,7-12H2,3-5H3. The Morgan fingerprint density at radius 3 is 2.35 bits per heavy atom. The molecule has 1 saturated carbocycles. The first-order chi connectivity index (χ1) is 9.34. The number of carbonyl (C=O) groups is 1. The van der Waals surface area contributed by atoms with Gasteiger partial charge in [0.05, 0.1) is 18.8 Å². The van der Waals surface area contributed by atoms with Crippen LogP contribution in [0.3, 0.4) is 0 Å². The van der Waals surface area contributed by atoms with Crippen LogP contribution in [0.4, 0.5) is 0 Å². The SMILES string of the molecule is C=CCOCC(=C)C(=O)OC1CCC(C(C)(C)C)CC1. The van der Waals surface area contributed by atoms with Gasteiger partial charge in [-0.05, 0) is 37.0 Å². The normalized spacial score (nSPS) is 23.1. The largest absolute Gasteiger partial charge is 0.459 e. The van der Waals surface area contributed by atoms with Crippen molar-refractivity contribution in [2.75, 3.05) is 13.2 Å². The summed E-state index contributed by atoms with van der Waals surface area (Å²) in [5, 5.41) is 0. The molecule has 20 heavy (non-hydrogen) atoms. The minimum Gasteiger partial charge on any atom is -0.459 e. The summed E-state index contributed by atoms with van der Waals surface area (Å²) in [4.78, 5) is 11.9. The average Bonchev–Trinajstić information content (AvgIpc) is 2.38. The first-order valence-corrected chi connectivity index (χ1v) is 7.42. The van der Waals surface area contributed by atoms with E-state index in [9.17, 15) is 4.79 Å².